The maximum Gasteiger partial charge on any atom is 0.276 e. The highest BCUT2D eigenvalue weighted by Crippen LogP contribution is 2.24. The molecule has 1 atom stereocenters. The highest BCUT2D eigenvalue weighted by atomic mass is 35.5. The minimum Gasteiger partial charge on any atom is -0.494 e. The van der Waals surface area contributed by atoms with Gasteiger partial charge in [0.1, 0.15) is 11.8 Å². The van der Waals surface area contributed by atoms with Crippen molar-refractivity contribution in [1.82, 2.24) is 10.1 Å². The molecule has 0 spiro atoms. The van der Waals surface area contributed by atoms with Gasteiger partial charge in [0, 0.05) is 10.6 Å². The first-order chi connectivity index (χ1) is 17.3. The number of sulfonamides is 1. The number of nitrogens with one attached hydrogen (secondary N) is 3. The second-order valence-electron chi connectivity index (χ2n) is 7.86. The largest absolute Gasteiger partial charge is 0.494 e. The predicted molar refractivity (Wildman–Crippen MR) is 136 cm³/mol. The van der Waals surface area contributed by atoms with E-state index >= 15 is 0 Å². The van der Waals surface area contributed by atoms with Crippen LogP contribution in [0.5, 0.6) is 5.75 Å². The quantitative estimate of drug-likeness (QED) is 0.367. The number of ether oxygens (including phenoxy) is 1. The fourth-order valence-electron chi connectivity index (χ4n) is 3.48. The number of amides is 2. The third kappa shape index (κ3) is 5.73. The lowest BCUT2D eigenvalue weighted by atomic mass is 10.1. The molecule has 0 saturated carbocycles. The van der Waals surface area contributed by atoms with Gasteiger partial charge in [0.2, 0.25) is 10.0 Å². The molecule has 9 nitrogen and oxygen atoms in total. The molecular weight excluding hydrogens is 504 g/mol. The highest BCUT2D eigenvalue weighted by molar-refractivity contribution is 7.89. The topological polar surface area (TPSA) is 126 Å². The molecule has 36 heavy (non-hydrogen) atoms. The minimum atomic E-state index is -4.12. The van der Waals surface area contributed by atoms with Gasteiger partial charge in [-0.15, -0.1) is 0 Å². The van der Waals surface area contributed by atoms with E-state index < -0.39 is 27.9 Å². The summed E-state index contributed by atoms with van der Waals surface area (Å²) < 4.78 is 34.2. The molecule has 0 saturated heterocycles. The molecule has 3 aromatic carbocycles. The van der Waals surface area contributed by atoms with Gasteiger partial charge in [0.15, 0.2) is 5.71 Å². The van der Waals surface area contributed by atoms with Gasteiger partial charge < -0.3 is 10.1 Å². The van der Waals surface area contributed by atoms with Crippen molar-refractivity contribution in [2.45, 2.75) is 24.3 Å². The third-order valence-corrected chi connectivity index (χ3v) is 6.96. The second-order valence-corrected chi connectivity index (χ2v) is 10.0. The Balaban J connectivity index is 1.59. The van der Waals surface area contributed by atoms with Crippen LogP contribution in [-0.4, -0.2) is 32.6 Å². The Morgan fingerprint density at radius 3 is 2.44 bits per heavy atom. The average Bonchev–Trinajstić information content (AvgIpc) is 3.20. The molecule has 1 aliphatic rings. The van der Waals surface area contributed by atoms with E-state index in [0.717, 1.165) is 6.42 Å². The van der Waals surface area contributed by atoms with Crippen molar-refractivity contribution >= 4 is 44.8 Å². The maximum absolute atomic E-state index is 13.2. The van der Waals surface area contributed by atoms with Crippen LogP contribution >= 0.6 is 11.6 Å². The van der Waals surface area contributed by atoms with Crippen LogP contribution in [0.4, 0.5) is 5.69 Å². The number of para-hydroxylation sites is 1. The third-order valence-electron chi connectivity index (χ3n) is 5.27. The van der Waals surface area contributed by atoms with Crippen molar-refractivity contribution in [2.24, 2.45) is 5.10 Å². The van der Waals surface area contributed by atoms with Gasteiger partial charge in [0.05, 0.1) is 17.2 Å². The maximum atomic E-state index is 13.2. The Morgan fingerprint density at radius 2 is 1.75 bits per heavy atom. The van der Waals surface area contributed by atoms with Crippen LogP contribution in [-0.2, 0) is 19.6 Å². The molecule has 0 aromatic heterocycles. The zero-order chi connectivity index (χ0) is 25.7. The van der Waals surface area contributed by atoms with Gasteiger partial charge in [-0.3, -0.25) is 9.59 Å². The summed E-state index contributed by atoms with van der Waals surface area (Å²) in [5.74, 6) is -0.729. The van der Waals surface area contributed by atoms with Crippen LogP contribution in [0.3, 0.4) is 0 Å². The molecule has 11 heteroatoms. The number of rotatable bonds is 9. The lowest BCUT2D eigenvalue weighted by Crippen LogP contribution is -2.39. The van der Waals surface area contributed by atoms with Gasteiger partial charge in [-0.25, -0.2) is 13.8 Å². The van der Waals surface area contributed by atoms with Crippen molar-refractivity contribution in [3.05, 3.63) is 88.9 Å². The molecule has 3 aromatic rings. The van der Waals surface area contributed by atoms with Crippen molar-refractivity contribution in [2.75, 3.05) is 11.9 Å². The average molecular weight is 527 g/mol. The molecule has 1 heterocycles. The zero-order valence-electron chi connectivity index (χ0n) is 19.2. The van der Waals surface area contributed by atoms with E-state index in [2.05, 4.69) is 20.6 Å². The van der Waals surface area contributed by atoms with Crippen LogP contribution in [0.2, 0.25) is 5.02 Å². The van der Waals surface area contributed by atoms with Crippen LogP contribution in [0.15, 0.2) is 82.8 Å². The van der Waals surface area contributed by atoms with E-state index in [1.165, 1.54) is 36.4 Å². The van der Waals surface area contributed by atoms with Crippen LogP contribution in [0.25, 0.3) is 0 Å². The lowest BCUT2D eigenvalue weighted by Gasteiger charge is -2.18. The zero-order valence-corrected chi connectivity index (χ0v) is 20.8. The standard InChI is InChI=1S/C25H23ClN4O5S/c1-2-15-35-18-11-13-19(14-12-18)36(33,34)30-22(16-7-9-17(26)10-8-16)25(32)29-28-23-20-5-3-4-6-21(20)27-24(23)31/h3-14,22,30H,2,15H2,1H3,(H,29,32)(H,27,28,31). The summed E-state index contributed by atoms with van der Waals surface area (Å²) >= 11 is 5.97. The summed E-state index contributed by atoms with van der Waals surface area (Å²) in [7, 11) is -4.12. The molecule has 1 unspecified atom stereocenters. The number of nitrogens with zero attached hydrogens (tertiary/aromatic N) is 1. The first-order valence-electron chi connectivity index (χ1n) is 11.1. The number of carbonyl (C=O) groups is 2. The number of hydrazone groups is 1. The van der Waals surface area contributed by atoms with Crippen LogP contribution in [0, 0.1) is 0 Å². The molecule has 0 aliphatic carbocycles. The molecule has 186 valence electrons. The van der Waals surface area contributed by atoms with Crippen LogP contribution < -0.4 is 20.2 Å². The molecule has 2 amide bonds. The Hall–Kier alpha value is -3.73. The summed E-state index contributed by atoms with van der Waals surface area (Å²) in [4.78, 5) is 25.4. The fraction of sp³-hybridized carbons (Fsp3) is 0.160. The Bertz CT molecular complexity index is 1410. The first kappa shape index (κ1) is 25.4. The Labute approximate surface area is 213 Å². The molecule has 0 fully saturated rings. The van der Waals surface area contributed by atoms with Gasteiger partial charge >= 0.3 is 0 Å². The smallest absolute Gasteiger partial charge is 0.276 e. The van der Waals surface area contributed by atoms with E-state index in [1.54, 1.807) is 36.4 Å². The van der Waals surface area contributed by atoms with E-state index in [0.29, 0.717) is 34.2 Å². The van der Waals surface area contributed by atoms with Gasteiger partial charge in [-0.1, -0.05) is 48.9 Å². The summed E-state index contributed by atoms with van der Waals surface area (Å²) in [6, 6.07) is 17.5. The number of fused-ring (bicyclic) bond motifs is 1. The predicted octanol–water partition coefficient (Wildman–Crippen LogP) is 3.62. The second kappa shape index (κ2) is 10.9. The number of carbonyl (C=O) groups excluding carboxylic acids is 2. The number of hydrogen-bond acceptors (Lipinski definition) is 6. The van der Waals surface area contributed by atoms with Gasteiger partial charge in [0.25, 0.3) is 11.8 Å². The Morgan fingerprint density at radius 1 is 1.06 bits per heavy atom. The lowest BCUT2D eigenvalue weighted by molar-refractivity contribution is -0.122. The van der Waals surface area contributed by atoms with Crippen molar-refractivity contribution in [3.63, 3.8) is 0 Å². The summed E-state index contributed by atoms with van der Waals surface area (Å²) in [5.41, 5.74) is 3.76. The minimum absolute atomic E-state index is 0.0133. The van der Waals surface area contributed by atoms with Crippen molar-refractivity contribution in [1.29, 1.82) is 0 Å². The highest BCUT2D eigenvalue weighted by Gasteiger charge is 2.29. The molecule has 1 aliphatic heterocycles. The van der Waals surface area contributed by atoms with Gasteiger partial charge in [-0.05, 0) is 54.4 Å². The molecular formula is C25H23ClN4O5S. The van der Waals surface area contributed by atoms with E-state index in [-0.39, 0.29) is 10.6 Å². The molecule has 0 bridgehead atoms. The van der Waals surface area contributed by atoms with Crippen molar-refractivity contribution < 1.29 is 22.7 Å². The Kier molecular flexibility index (Phi) is 7.68. The first-order valence-corrected chi connectivity index (χ1v) is 12.9. The molecule has 3 N–H and O–H groups in total. The summed E-state index contributed by atoms with van der Waals surface area (Å²) in [6.45, 7) is 2.47. The van der Waals surface area contributed by atoms with E-state index in [1.807, 2.05) is 6.92 Å². The van der Waals surface area contributed by atoms with Crippen LogP contribution in [0.1, 0.15) is 30.5 Å². The number of anilines is 1. The fourth-order valence-corrected chi connectivity index (χ4v) is 4.79. The number of benzene rings is 3. The normalized spacial score (nSPS) is 14.7. The van der Waals surface area contributed by atoms with E-state index in [4.69, 9.17) is 16.3 Å². The van der Waals surface area contributed by atoms with E-state index in [9.17, 15) is 18.0 Å². The molecule has 0 radical (unpaired) electrons. The summed E-state index contributed by atoms with van der Waals surface area (Å²) in [6.07, 6.45) is 0.816. The number of halogens is 1. The number of hydrogen-bond donors (Lipinski definition) is 3. The van der Waals surface area contributed by atoms with Crippen molar-refractivity contribution in [3.8, 4) is 5.75 Å². The monoisotopic (exact) mass is 526 g/mol. The van der Waals surface area contributed by atoms with Gasteiger partial charge in [-0.2, -0.15) is 9.82 Å². The molecule has 4 rings (SSSR count). The SMILES string of the molecule is CCCOc1ccc(S(=O)(=O)NC(C(=O)NN=C2C(=O)Nc3ccccc32)c2ccc(Cl)cc2)cc1. The summed E-state index contributed by atoms with van der Waals surface area (Å²) in [5, 5.41) is 7.06.